The van der Waals surface area contributed by atoms with E-state index in [0.717, 1.165) is 17.3 Å². The maximum absolute atomic E-state index is 12.8. The van der Waals surface area contributed by atoms with E-state index in [1.165, 1.54) is 4.90 Å². The number of hydrogen-bond acceptors (Lipinski definition) is 4. The van der Waals surface area contributed by atoms with E-state index in [-0.39, 0.29) is 11.1 Å². The molecule has 0 atom stereocenters. The van der Waals surface area contributed by atoms with Gasteiger partial charge in [-0.05, 0) is 54.6 Å². The third-order valence-electron chi connectivity index (χ3n) is 4.26. The average Bonchev–Trinajstić information content (AvgIpc) is 3.21. The number of aryl methyl sites for hydroxylation is 1. The van der Waals surface area contributed by atoms with Gasteiger partial charge in [-0.2, -0.15) is 0 Å². The lowest BCUT2D eigenvalue weighted by Gasteiger charge is -2.14. The van der Waals surface area contributed by atoms with Crippen LogP contribution in [-0.4, -0.2) is 11.1 Å². The molecule has 3 aromatic rings. The highest BCUT2D eigenvalue weighted by molar-refractivity contribution is 8.19. The number of hydrogen-bond donors (Lipinski definition) is 0. The first-order chi connectivity index (χ1) is 13.5. The van der Waals surface area contributed by atoms with Crippen LogP contribution in [0.2, 0.25) is 10.0 Å². The van der Waals surface area contributed by atoms with Crippen LogP contribution in [0.4, 0.5) is 10.5 Å². The van der Waals surface area contributed by atoms with Crippen molar-refractivity contribution in [3.8, 4) is 11.3 Å². The Labute approximate surface area is 175 Å². The van der Waals surface area contributed by atoms with Gasteiger partial charge in [0.15, 0.2) is 0 Å². The van der Waals surface area contributed by atoms with Crippen LogP contribution in [0, 0.1) is 6.92 Å². The maximum atomic E-state index is 12.8. The smallest absolute Gasteiger partial charge is 0.298 e. The second kappa shape index (κ2) is 7.51. The fourth-order valence-electron chi connectivity index (χ4n) is 2.92. The first-order valence-electron chi connectivity index (χ1n) is 8.33. The van der Waals surface area contributed by atoms with Crippen molar-refractivity contribution in [3.05, 3.63) is 80.9 Å². The predicted octanol–water partition coefficient (Wildman–Crippen LogP) is 6.80. The fraction of sp³-hybridized carbons (Fsp3) is 0.0476. The van der Waals surface area contributed by atoms with Crippen molar-refractivity contribution in [1.82, 2.24) is 0 Å². The molecule has 4 nitrogen and oxygen atoms in total. The quantitative estimate of drug-likeness (QED) is 0.429. The standard InChI is InChI=1S/C21H13Cl2NO3S/c1-12-5-2-3-8-16(12)24-20(25)18(28-21(24)26)11-13-9-10-17(27-13)19-14(22)6-4-7-15(19)23/h2-11H,1H3/b18-11+. The number of halogens is 2. The molecule has 0 bridgehead atoms. The van der Waals surface area contributed by atoms with Gasteiger partial charge < -0.3 is 4.42 Å². The summed E-state index contributed by atoms with van der Waals surface area (Å²) >= 11 is 13.3. The molecular weight excluding hydrogens is 417 g/mol. The fourth-order valence-corrected chi connectivity index (χ4v) is 4.31. The van der Waals surface area contributed by atoms with Crippen molar-refractivity contribution in [3.63, 3.8) is 0 Å². The number of benzene rings is 2. The van der Waals surface area contributed by atoms with Crippen LogP contribution < -0.4 is 4.90 Å². The topological polar surface area (TPSA) is 50.5 Å². The molecule has 0 unspecified atom stereocenters. The Balaban J connectivity index is 1.66. The molecule has 28 heavy (non-hydrogen) atoms. The minimum atomic E-state index is -0.377. The number of amides is 2. The monoisotopic (exact) mass is 429 g/mol. The summed E-state index contributed by atoms with van der Waals surface area (Å²) in [5, 5.41) is 0.591. The molecule has 2 heterocycles. The van der Waals surface area contributed by atoms with Crippen LogP contribution in [0.3, 0.4) is 0 Å². The zero-order valence-corrected chi connectivity index (χ0v) is 16.9. The van der Waals surface area contributed by atoms with Crippen LogP contribution >= 0.6 is 35.0 Å². The van der Waals surface area contributed by atoms with Gasteiger partial charge in [-0.1, -0.05) is 47.5 Å². The van der Waals surface area contributed by atoms with E-state index in [0.29, 0.717) is 37.7 Å². The zero-order valence-electron chi connectivity index (χ0n) is 14.6. The summed E-state index contributed by atoms with van der Waals surface area (Å²) in [5.74, 6) is 0.541. The Bertz CT molecular complexity index is 1120. The van der Waals surface area contributed by atoms with Crippen molar-refractivity contribution < 1.29 is 14.0 Å². The van der Waals surface area contributed by atoms with Crippen LogP contribution in [0.15, 0.2) is 63.9 Å². The van der Waals surface area contributed by atoms with Crippen molar-refractivity contribution in [2.45, 2.75) is 6.92 Å². The number of furan rings is 1. The Kier molecular flexibility index (Phi) is 5.06. The first-order valence-corrected chi connectivity index (χ1v) is 9.91. The maximum Gasteiger partial charge on any atom is 0.298 e. The molecule has 0 saturated carbocycles. The lowest BCUT2D eigenvalue weighted by Crippen LogP contribution is -2.28. The lowest BCUT2D eigenvalue weighted by atomic mass is 10.2. The van der Waals surface area contributed by atoms with E-state index >= 15 is 0 Å². The number of imide groups is 1. The summed E-state index contributed by atoms with van der Waals surface area (Å²) in [5.41, 5.74) is 2.01. The summed E-state index contributed by atoms with van der Waals surface area (Å²) in [7, 11) is 0. The van der Waals surface area contributed by atoms with Crippen molar-refractivity contribution in [2.75, 3.05) is 4.90 Å². The number of thioether (sulfide) groups is 1. The molecule has 2 amide bonds. The highest BCUT2D eigenvalue weighted by atomic mass is 35.5. The molecule has 4 rings (SSSR count). The van der Waals surface area contributed by atoms with Gasteiger partial charge in [0.2, 0.25) is 0 Å². The Hall–Kier alpha value is -2.47. The number of anilines is 1. The van der Waals surface area contributed by atoms with Crippen LogP contribution in [0.1, 0.15) is 11.3 Å². The first kappa shape index (κ1) is 18.9. The molecule has 2 aromatic carbocycles. The third kappa shape index (κ3) is 3.37. The molecular formula is C21H13Cl2NO3S. The van der Waals surface area contributed by atoms with E-state index in [1.807, 2.05) is 19.1 Å². The summed E-state index contributed by atoms with van der Waals surface area (Å²) in [6, 6.07) is 15.9. The number of rotatable bonds is 3. The van der Waals surface area contributed by atoms with Gasteiger partial charge in [0.05, 0.1) is 26.2 Å². The largest absolute Gasteiger partial charge is 0.457 e. The number of para-hydroxylation sites is 1. The number of carbonyl (C=O) groups is 2. The molecule has 1 aromatic heterocycles. The van der Waals surface area contributed by atoms with E-state index in [1.54, 1.807) is 48.5 Å². The van der Waals surface area contributed by atoms with Gasteiger partial charge in [0.25, 0.3) is 11.1 Å². The van der Waals surface area contributed by atoms with Gasteiger partial charge >= 0.3 is 0 Å². The van der Waals surface area contributed by atoms with Gasteiger partial charge in [0, 0.05) is 6.08 Å². The van der Waals surface area contributed by atoms with Gasteiger partial charge in [-0.25, -0.2) is 4.90 Å². The minimum absolute atomic E-state index is 0.291. The second-order valence-electron chi connectivity index (χ2n) is 6.10. The lowest BCUT2D eigenvalue weighted by molar-refractivity contribution is -0.113. The minimum Gasteiger partial charge on any atom is -0.457 e. The normalized spacial score (nSPS) is 15.7. The molecule has 0 spiro atoms. The molecule has 1 saturated heterocycles. The summed E-state index contributed by atoms with van der Waals surface area (Å²) in [6.45, 7) is 1.86. The highest BCUT2D eigenvalue weighted by Crippen LogP contribution is 2.39. The SMILES string of the molecule is Cc1ccccc1N1C(=O)S/C(=C/c2ccc(-c3c(Cl)cccc3Cl)o2)C1=O. The molecule has 1 aliphatic rings. The van der Waals surface area contributed by atoms with Crippen molar-refractivity contribution in [2.24, 2.45) is 0 Å². The van der Waals surface area contributed by atoms with Crippen molar-refractivity contribution >= 4 is 57.9 Å². The van der Waals surface area contributed by atoms with E-state index < -0.39 is 0 Å². The van der Waals surface area contributed by atoms with Crippen molar-refractivity contribution in [1.29, 1.82) is 0 Å². The molecule has 0 N–H and O–H groups in total. The number of carbonyl (C=O) groups excluding carboxylic acids is 2. The molecule has 0 aliphatic carbocycles. The van der Waals surface area contributed by atoms with Gasteiger partial charge in [-0.3, -0.25) is 9.59 Å². The average molecular weight is 430 g/mol. The third-order valence-corrected chi connectivity index (χ3v) is 5.76. The van der Waals surface area contributed by atoms with Crippen LogP contribution in [0.25, 0.3) is 17.4 Å². The summed E-state index contributed by atoms with van der Waals surface area (Å²) in [6.07, 6.45) is 1.55. The second-order valence-corrected chi connectivity index (χ2v) is 7.91. The van der Waals surface area contributed by atoms with Gasteiger partial charge in [0.1, 0.15) is 11.5 Å². The van der Waals surface area contributed by atoms with Gasteiger partial charge in [-0.15, -0.1) is 0 Å². The van der Waals surface area contributed by atoms with E-state index in [2.05, 4.69) is 0 Å². The summed E-state index contributed by atoms with van der Waals surface area (Å²) < 4.78 is 5.80. The Morgan fingerprint density at radius 3 is 2.39 bits per heavy atom. The molecule has 7 heteroatoms. The summed E-state index contributed by atoms with van der Waals surface area (Å²) in [4.78, 5) is 26.7. The molecule has 0 radical (unpaired) electrons. The van der Waals surface area contributed by atoms with Crippen LogP contribution in [0.5, 0.6) is 0 Å². The molecule has 140 valence electrons. The van der Waals surface area contributed by atoms with Crippen LogP contribution in [-0.2, 0) is 4.79 Å². The molecule has 1 fully saturated rings. The Morgan fingerprint density at radius 2 is 1.68 bits per heavy atom. The molecule has 1 aliphatic heterocycles. The van der Waals surface area contributed by atoms with E-state index in [4.69, 9.17) is 27.6 Å². The van der Waals surface area contributed by atoms with E-state index in [9.17, 15) is 9.59 Å². The number of nitrogens with zero attached hydrogens (tertiary/aromatic N) is 1. The zero-order chi connectivity index (χ0) is 19.8. The predicted molar refractivity (Wildman–Crippen MR) is 114 cm³/mol. The highest BCUT2D eigenvalue weighted by Gasteiger charge is 2.37. The Morgan fingerprint density at radius 1 is 0.964 bits per heavy atom.